The number of hydrogen-bond donors (Lipinski definition) is 2. The number of fused-ring (bicyclic) bond motifs is 1. The minimum Gasteiger partial charge on any atom is -0.359 e. The number of thiazole rings is 1. The van der Waals surface area contributed by atoms with Gasteiger partial charge in [-0.25, -0.2) is 9.97 Å². The second kappa shape index (κ2) is 5.29. The van der Waals surface area contributed by atoms with Crippen LogP contribution in [0.2, 0.25) is 5.02 Å². The van der Waals surface area contributed by atoms with E-state index in [0.29, 0.717) is 5.02 Å². The maximum absolute atomic E-state index is 6.20. The fraction of sp³-hybridized carbons (Fsp3) is 0.286. The highest BCUT2D eigenvalue weighted by Gasteiger charge is 2.20. The SMILES string of the molecule is Clc1cccc2[nH]c(-c3ncsc3N3CCNCC3)nc12. The summed E-state index contributed by atoms with van der Waals surface area (Å²) in [4.78, 5) is 14.8. The quantitative estimate of drug-likeness (QED) is 0.762. The van der Waals surface area contributed by atoms with E-state index in [9.17, 15) is 0 Å². The first-order valence-electron chi connectivity index (χ1n) is 6.87. The summed E-state index contributed by atoms with van der Waals surface area (Å²) >= 11 is 7.86. The molecule has 2 N–H and O–H groups in total. The molecule has 0 amide bonds. The Bertz CT molecular complexity index is 775. The van der Waals surface area contributed by atoms with E-state index in [0.717, 1.165) is 48.7 Å². The molecule has 1 fully saturated rings. The van der Waals surface area contributed by atoms with Crippen LogP contribution in [0, 0.1) is 0 Å². The van der Waals surface area contributed by atoms with E-state index in [-0.39, 0.29) is 0 Å². The Labute approximate surface area is 131 Å². The van der Waals surface area contributed by atoms with Crippen molar-refractivity contribution in [3.05, 3.63) is 28.7 Å². The zero-order valence-corrected chi connectivity index (χ0v) is 12.8. The molecule has 5 nitrogen and oxygen atoms in total. The predicted octanol–water partition coefficient (Wildman–Crippen LogP) is 2.75. The standard InChI is InChI=1S/C14H14ClN5S/c15-9-2-1-3-10-11(9)19-13(18-10)12-14(21-8-17-12)20-6-4-16-5-7-20/h1-3,8,16H,4-7H2,(H,18,19). The molecule has 0 atom stereocenters. The van der Waals surface area contributed by atoms with Crippen molar-refractivity contribution >= 4 is 39.0 Å². The van der Waals surface area contributed by atoms with Gasteiger partial charge in [0, 0.05) is 26.2 Å². The smallest absolute Gasteiger partial charge is 0.160 e. The summed E-state index contributed by atoms with van der Waals surface area (Å²) in [5.41, 5.74) is 4.53. The maximum atomic E-state index is 6.20. The highest BCUT2D eigenvalue weighted by Crippen LogP contribution is 2.34. The molecule has 0 radical (unpaired) electrons. The van der Waals surface area contributed by atoms with Crippen LogP contribution in [0.25, 0.3) is 22.6 Å². The summed E-state index contributed by atoms with van der Waals surface area (Å²) < 4.78 is 0. The van der Waals surface area contributed by atoms with E-state index in [2.05, 4.69) is 25.2 Å². The van der Waals surface area contributed by atoms with E-state index in [1.54, 1.807) is 11.3 Å². The third kappa shape index (κ3) is 2.29. The molecule has 0 unspecified atom stereocenters. The van der Waals surface area contributed by atoms with E-state index >= 15 is 0 Å². The van der Waals surface area contributed by atoms with Crippen LogP contribution in [0.15, 0.2) is 23.7 Å². The lowest BCUT2D eigenvalue weighted by Gasteiger charge is -2.28. The van der Waals surface area contributed by atoms with Gasteiger partial charge in [-0.15, -0.1) is 11.3 Å². The number of piperazine rings is 1. The average Bonchev–Trinajstić information content (AvgIpc) is 3.15. The molecule has 0 spiro atoms. The lowest BCUT2D eigenvalue weighted by molar-refractivity contribution is 0.592. The molecule has 1 aliphatic heterocycles. The first-order chi connectivity index (χ1) is 10.3. The highest BCUT2D eigenvalue weighted by atomic mass is 35.5. The summed E-state index contributed by atoms with van der Waals surface area (Å²) in [6, 6.07) is 5.76. The molecule has 0 saturated carbocycles. The Hall–Kier alpha value is -1.63. The Balaban J connectivity index is 1.78. The largest absolute Gasteiger partial charge is 0.359 e. The number of hydrogen-bond acceptors (Lipinski definition) is 5. The number of halogens is 1. The van der Waals surface area contributed by atoms with Crippen molar-refractivity contribution in [2.45, 2.75) is 0 Å². The average molecular weight is 320 g/mol. The fourth-order valence-electron chi connectivity index (χ4n) is 2.60. The predicted molar refractivity (Wildman–Crippen MR) is 87.3 cm³/mol. The molecule has 1 aromatic carbocycles. The first-order valence-corrected chi connectivity index (χ1v) is 8.12. The van der Waals surface area contributed by atoms with Crippen LogP contribution in [-0.2, 0) is 0 Å². The molecule has 7 heteroatoms. The zero-order valence-electron chi connectivity index (χ0n) is 11.3. The molecule has 21 heavy (non-hydrogen) atoms. The van der Waals surface area contributed by atoms with Gasteiger partial charge in [0.15, 0.2) is 5.82 Å². The highest BCUT2D eigenvalue weighted by molar-refractivity contribution is 7.14. The van der Waals surface area contributed by atoms with Crippen LogP contribution in [0.1, 0.15) is 0 Å². The molecule has 2 aromatic heterocycles. The van der Waals surface area contributed by atoms with E-state index < -0.39 is 0 Å². The number of anilines is 1. The van der Waals surface area contributed by atoms with Gasteiger partial charge in [0.1, 0.15) is 16.2 Å². The molecule has 1 saturated heterocycles. The molecule has 0 aliphatic carbocycles. The summed E-state index contributed by atoms with van der Waals surface area (Å²) in [7, 11) is 0. The number of benzene rings is 1. The lowest BCUT2D eigenvalue weighted by atomic mass is 10.3. The van der Waals surface area contributed by atoms with Crippen molar-refractivity contribution in [3.8, 4) is 11.5 Å². The number of H-pyrrole nitrogens is 1. The normalized spacial score (nSPS) is 15.8. The monoisotopic (exact) mass is 319 g/mol. The maximum Gasteiger partial charge on any atom is 0.160 e. The molecule has 3 aromatic rings. The van der Waals surface area contributed by atoms with Crippen molar-refractivity contribution in [2.75, 3.05) is 31.1 Å². The zero-order chi connectivity index (χ0) is 14.2. The number of aromatic nitrogens is 3. The van der Waals surface area contributed by atoms with Crippen molar-refractivity contribution in [2.24, 2.45) is 0 Å². The number of aromatic amines is 1. The fourth-order valence-corrected chi connectivity index (χ4v) is 3.67. The summed E-state index contributed by atoms with van der Waals surface area (Å²) in [5.74, 6) is 0.785. The molecule has 4 rings (SSSR count). The number of imidazole rings is 1. The van der Waals surface area contributed by atoms with Gasteiger partial charge < -0.3 is 15.2 Å². The van der Waals surface area contributed by atoms with Crippen LogP contribution in [-0.4, -0.2) is 41.1 Å². The summed E-state index contributed by atoms with van der Waals surface area (Å²) in [6.45, 7) is 4.00. The van der Waals surface area contributed by atoms with Gasteiger partial charge in [0.2, 0.25) is 0 Å². The van der Waals surface area contributed by atoms with Crippen LogP contribution >= 0.6 is 22.9 Å². The second-order valence-corrected chi connectivity index (χ2v) is 6.20. The molecule has 1 aliphatic rings. The van der Waals surface area contributed by atoms with Gasteiger partial charge >= 0.3 is 0 Å². The Kier molecular flexibility index (Phi) is 3.29. The van der Waals surface area contributed by atoms with E-state index in [4.69, 9.17) is 11.6 Å². The summed E-state index contributed by atoms with van der Waals surface area (Å²) in [6.07, 6.45) is 0. The van der Waals surface area contributed by atoms with Crippen LogP contribution in [0.4, 0.5) is 5.00 Å². The number of nitrogens with one attached hydrogen (secondary N) is 2. The summed E-state index contributed by atoms with van der Waals surface area (Å²) in [5, 5.41) is 5.20. The van der Waals surface area contributed by atoms with E-state index in [1.165, 1.54) is 5.00 Å². The second-order valence-electron chi connectivity index (χ2n) is 4.96. The minimum atomic E-state index is 0.661. The molecular weight excluding hydrogens is 306 g/mol. The Morgan fingerprint density at radius 3 is 2.90 bits per heavy atom. The molecule has 0 bridgehead atoms. The van der Waals surface area contributed by atoms with Crippen molar-refractivity contribution < 1.29 is 0 Å². The third-order valence-electron chi connectivity index (χ3n) is 3.64. The van der Waals surface area contributed by atoms with Gasteiger partial charge in [0.25, 0.3) is 0 Å². The van der Waals surface area contributed by atoms with Crippen LogP contribution < -0.4 is 10.2 Å². The molecule has 3 heterocycles. The van der Waals surface area contributed by atoms with Crippen molar-refractivity contribution in [3.63, 3.8) is 0 Å². The Morgan fingerprint density at radius 2 is 2.10 bits per heavy atom. The molecular formula is C14H14ClN5S. The van der Waals surface area contributed by atoms with Crippen LogP contribution in [0.3, 0.4) is 0 Å². The van der Waals surface area contributed by atoms with E-state index in [1.807, 2.05) is 23.7 Å². The van der Waals surface area contributed by atoms with Gasteiger partial charge in [-0.2, -0.15) is 0 Å². The van der Waals surface area contributed by atoms with Gasteiger partial charge in [-0.3, -0.25) is 0 Å². The van der Waals surface area contributed by atoms with Gasteiger partial charge in [0.05, 0.1) is 16.0 Å². The molecule has 108 valence electrons. The van der Waals surface area contributed by atoms with Gasteiger partial charge in [-0.05, 0) is 12.1 Å². The van der Waals surface area contributed by atoms with Gasteiger partial charge in [-0.1, -0.05) is 17.7 Å². The number of para-hydroxylation sites is 1. The number of nitrogens with zero attached hydrogens (tertiary/aromatic N) is 3. The first kappa shape index (κ1) is 13.1. The Morgan fingerprint density at radius 1 is 1.24 bits per heavy atom. The lowest BCUT2D eigenvalue weighted by Crippen LogP contribution is -2.43. The van der Waals surface area contributed by atoms with Crippen molar-refractivity contribution in [1.29, 1.82) is 0 Å². The minimum absolute atomic E-state index is 0.661. The topological polar surface area (TPSA) is 56.8 Å². The van der Waals surface area contributed by atoms with Crippen LogP contribution in [0.5, 0.6) is 0 Å². The third-order valence-corrected chi connectivity index (χ3v) is 4.83. The number of rotatable bonds is 2. The van der Waals surface area contributed by atoms with Crippen molar-refractivity contribution in [1.82, 2.24) is 20.3 Å².